The highest BCUT2D eigenvalue weighted by molar-refractivity contribution is 7.89. The average molecular weight is 505 g/mol. The summed E-state index contributed by atoms with van der Waals surface area (Å²) in [7, 11) is -2.11. The van der Waals surface area contributed by atoms with Crippen molar-refractivity contribution >= 4 is 21.1 Å². The third kappa shape index (κ3) is 5.25. The molecule has 0 bridgehead atoms. The zero-order valence-corrected chi connectivity index (χ0v) is 21.1. The molecule has 1 aliphatic heterocycles. The SMILES string of the molecule is CCCc1nn(C)c2c(=O)[nH]c(-c3cc(S(=O)(=O)NC4CN(CCCO)C4)ccc3OCC)nc12. The first kappa shape index (κ1) is 25.3. The monoisotopic (exact) mass is 504 g/mol. The first-order valence-corrected chi connectivity index (χ1v) is 13.3. The number of benzene rings is 1. The number of ether oxygens (including phenoxy) is 1. The maximum absolute atomic E-state index is 13.1. The van der Waals surface area contributed by atoms with Crippen molar-refractivity contribution in [3.63, 3.8) is 0 Å². The van der Waals surface area contributed by atoms with E-state index in [1.807, 2.05) is 13.8 Å². The third-order valence-electron chi connectivity index (χ3n) is 5.98. The fourth-order valence-electron chi connectivity index (χ4n) is 4.33. The van der Waals surface area contributed by atoms with E-state index in [0.717, 1.165) is 18.7 Å². The van der Waals surface area contributed by atoms with Crippen LogP contribution in [0.4, 0.5) is 0 Å². The van der Waals surface area contributed by atoms with E-state index in [1.54, 1.807) is 13.1 Å². The first-order valence-electron chi connectivity index (χ1n) is 11.9. The molecule has 0 aliphatic carbocycles. The van der Waals surface area contributed by atoms with Crippen LogP contribution in [0.1, 0.15) is 32.4 Å². The summed E-state index contributed by atoms with van der Waals surface area (Å²) < 4.78 is 36.2. The summed E-state index contributed by atoms with van der Waals surface area (Å²) in [4.78, 5) is 22.5. The highest BCUT2D eigenvalue weighted by Crippen LogP contribution is 2.31. The summed E-state index contributed by atoms with van der Waals surface area (Å²) in [5.74, 6) is 0.654. The largest absolute Gasteiger partial charge is 0.493 e. The number of sulfonamides is 1. The Morgan fingerprint density at radius 3 is 2.74 bits per heavy atom. The lowest BCUT2D eigenvalue weighted by atomic mass is 10.1. The smallest absolute Gasteiger partial charge is 0.277 e. The minimum atomic E-state index is -3.81. The van der Waals surface area contributed by atoms with Crippen LogP contribution in [0.15, 0.2) is 27.9 Å². The average Bonchev–Trinajstić information content (AvgIpc) is 3.11. The van der Waals surface area contributed by atoms with Gasteiger partial charge in [-0.3, -0.25) is 14.4 Å². The Morgan fingerprint density at radius 1 is 1.29 bits per heavy atom. The topological polar surface area (TPSA) is 142 Å². The molecule has 3 aromatic rings. The van der Waals surface area contributed by atoms with Gasteiger partial charge in [-0.05, 0) is 38.0 Å². The van der Waals surface area contributed by atoms with E-state index in [1.165, 1.54) is 16.8 Å². The van der Waals surface area contributed by atoms with Crippen molar-refractivity contribution in [2.24, 2.45) is 7.05 Å². The van der Waals surface area contributed by atoms with Crippen LogP contribution in [0.2, 0.25) is 0 Å². The van der Waals surface area contributed by atoms with Crippen LogP contribution in [-0.2, 0) is 23.5 Å². The van der Waals surface area contributed by atoms with E-state index in [9.17, 15) is 13.2 Å². The fraction of sp³-hybridized carbons (Fsp3) is 0.522. The number of aromatic amines is 1. The lowest BCUT2D eigenvalue weighted by Crippen LogP contribution is -2.59. The van der Waals surface area contributed by atoms with Gasteiger partial charge in [0.25, 0.3) is 5.56 Å². The maximum Gasteiger partial charge on any atom is 0.277 e. The number of H-pyrrole nitrogens is 1. The number of likely N-dealkylation sites (tertiary alicyclic amines) is 1. The Hall–Kier alpha value is -2.80. The van der Waals surface area contributed by atoms with E-state index >= 15 is 0 Å². The van der Waals surface area contributed by atoms with Gasteiger partial charge in [0.15, 0.2) is 5.52 Å². The highest BCUT2D eigenvalue weighted by atomic mass is 32.2. The molecular formula is C23H32N6O5S. The number of fused-ring (bicyclic) bond motifs is 1. The molecule has 0 amide bonds. The van der Waals surface area contributed by atoms with Crippen molar-refractivity contribution in [2.45, 2.75) is 44.0 Å². The molecule has 12 heteroatoms. The van der Waals surface area contributed by atoms with Gasteiger partial charge in [0.1, 0.15) is 17.1 Å². The number of aromatic nitrogens is 4. The number of rotatable bonds is 11. The van der Waals surface area contributed by atoms with Gasteiger partial charge >= 0.3 is 0 Å². The zero-order valence-electron chi connectivity index (χ0n) is 20.2. The second-order valence-corrected chi connectivity index (χ2v) is 10.4. The number of nitrogens with one attached hydrogen (secondary N) is 2. The predicted octanol–water partition coefficient (Wildman–Crippen LogP) is 1.02. The van der Waals surface area contributed by atoms with Crippen molar-refractivity contribution in [3.8, 4) is 17.1 Å². The molecule has 2 aromatic heterocycles. The Morgan fingerprint density at radius 2 is 2.06 bits per heavy atom. The normalized spacial score (nSPS) is 15.0. The van der Waals surface area contributed by atoms with Gasteiger partial charge in [-0.15, -0.1) is 0 Å². The number of nitrogens with zero attached hydrogens (tertiary/aromatic N) is 4. The van der Waals surface area contributed by atoms with E-state index in [0.29, 0.717) is 54.9 Å². The zero-order chi connectivity index (χ0) is 25.2. The number of hydrogen-bond donors (Lipinski definition) is 3. The van der Waals surface area contributed by atoms with Crippen molar-refractivity contribution < 1.29 is 18.3 Å². The van der Waals surface area contributed by atoms with E-state index in [-0.39, 0.29) is 28.9 Å². The van der Waals surface area contributed by atoms with E-state index in [4.69, 9.17) is 9.84 Å². The lowest BCUT2D eigenvalue weighted by Gasteiger charge is -2.39. The van der Waals surface area contributed by atoms with Crippen LogP contribution in [0.3, 0.4) is 0 Å². The molecule has 1 aliphatic rings. The quantitative estimate of drug-likeness (QED) is 0.351. The molecule has 0 unspecified atom stereocenters. The molecule has 0 spiro atoms. The molecule has 1 fully saturated rings. The Labute approximate surface area is 204 Å². The van der Waals surface area contributed by atoms with Gasteiger partial charge in [-0.25, -0.2) is 18.1 Å². The molecule has 190 valence electrons. The summed E-state index contributed by atoms with van der Waals surface area (Å²) in [5, 5.41) is 13.4. The second-order valence-electron chi connectivity index (χ2n) is 8.68. The van der Waals surface area contributed by atoms with Gasteiger partial charge in [0, 0.05) is 39.3 Å². The molecule has 1 aromatic carbocycles. The molecular weight excluding hydrogens is 472 g/mol. The van der Waals surface area contributed by atoms with Crippen molar-refractivity contribution in [3.05, 3.63) is 34.2 Å². The van der Waals surface area contributed by atoms with Crippen LogP contribution < -0.4 is 15.0 Å². The Kier molecular flexibility index (Phi) is 7.55. The predicted molar refractivity (Wildman–Crippen MR) is 132 cm³/mol. The minimum absolute atomic E-state index is 0.0625. The standard InChI is InChI=1S/C23H32N6O5S/c1-4-7-18-20-21(28(3)26-18)23(31)25-22(24-20)17-12-16(8-9-19(17)34-5-2)35(32,33)27-15-13-29(14-15)10-6-11-30/h8-9,12,15,27,30H,4-7,10-11,13-14H2,1-3H3,(H,24,25,31). The summed E-state index contributed by atoms with van der Waals surface area (Å²) in [6.45, 7) is 6.25. The number of aliphatic hydroxyl groups excluding tert-OH is 1. The second kappa shape index (κ2) is 10.4. The van der Waals surface area contributed by atoms with Crippen LogP contribution in [0, 0.1) is 0 Å². The molecule has 35 heavy (non-hydrogen) atoms. The van der Waals surface area contributed by atoms with Crippen molar-refractivity contribution in [2.75, 3.05) is 32.8 Å². The molecule has 1 saturated heterocycles. The van der Waals surface area contributed by atoms with Gasteiger partial charge < -0.3 is 14.8 Å². The first-order chi connectivity index (χ1) is 16.8. The van der Waals surface area contributed by atoms with Crippen molar-refractivity contribution in [1.82, 2.24) is 29.4 Å². The highest BCUT2D eigenvalue weighted by Gasteiger charge is 2.31. The van der Waals surface area contributed by atoms with Crippen LogP contribution in [0.5, 0.6) is 5.75 Å². The number of aryl methyl sites for hydroxylation is 2. The molecule has 11 nitrogen and oxygen atoms in total. The minimum Gasteiger partial charge on any atom is -0.493 e. The number of hydrogen-bond acceptors (Lipinski definition) is 8. The summed E-state index contributed by atoms with van der Waals surface area (Å²) in [6, 6.07) is 4.36. The van der Waals surface area contributed by atoms with Crippen molar-refractivity contribution in [1.29, 1.82) is 0 Å². The third-order valence-corrected chi connectivity index (χ3v) is 7.50. The molecule has 4 rings (SSSR count). The Bertz CT molecular complexity index is 1360. The fourth-order valence-corrected chi connectivity index (χ4v) is 5.58. The van der Waals surface area contributed by atoms with Gasteiger partial charge in [-0.2, -0.15) is 5.10 Å². The van der Waals surface area contributed by atoms with Crippen LogP contribution in [-0.4, -0.2) is 77.1 Å². The molecule has 3 heterocycles. The molecule has 3 N–H and O–H groups in total. The Balaban J connectivity index is 1.69. The van der Waals surface area contributed by atoms with Gasteiger partial charge in [-0.1, -0.05) is 13.3 Å². The summed E-state index contributed by atoms with van der Waals surface area (Å²) in [5.41, 5.74) is 1.62. The van der Waals surface area contributed by atoms with Crippen LogP contribution >= 0.6 is 0 Å². The lowest BCUT2D eigenvalue weighted by molar-refractivity contribution is 0.128. The van der Waals surface area contributed by atoms with Gasteiger partial charge in [0.05, 0.1) is 22.8 Å². The summed E-state index contributed by atoms with van der Waals surface area (Å²) in [6.07, 6.45) is 2.17. The maximum atomic E-state index is 13.1. The molecule has 0 saturated carbocycles. The number of aliphatic hydroxyl groups is 1. The van der Waals surface area contributed by atoms with Gasteiger partial charge in [0.2, 0.25) is 10.0 Å². The van der Waals surface area contributed by atoms with E-state index in [2.05, 4.69) is 24.7 Å². The van der Waals surface area contributed by atoms with E-state index < -0.39 is 10.0 Å². The van der Waals surface area contributed by atoms with Crippen LogP contribution in [0.25, 0.3) is 22.4 Å². The molecule has 0 atom stereocenters. The summed E-state index contributed by atoms with van der Waals surface area (Å²) >= 11 is 0. The molecule has 0 radical (unpaired) electrons.